The van der Waals surface area contributed by atoms with Crippen molar-refractivity contribution in [1.82, 2.24) is 0 Å². The molecule has 0 saturated heterocycles. The number of hydrogen-bond donors (Lipinski definition) is 0. The summed E-state index contributed by atoms with van der Waals surface area (Å²) in [6.45, 7) is 11.1. The number of halogens is 1. The lowest BCUT2D eigenvalue weighted by Gasteiger charge is -2.37. The van der Waals surface area contributed by atoms with Crippen LogP contribution < -0.4 is 0 Å². The molecule has 0 heterocycles. The number of quaternary nitrogens is 1. The number of nitrogens with zero attached hydrogens (tertiary/aromatic N) is 1. The Bertz CT molecular complexity index is 182. The number of alkyl halides is 1. The monoisotopic (exact) mass is 348 g/mol. The van der Waals surface area contributed by atoms with E-state index in [4.69, 9.17) is 0 Å². The quantitative estimate of drug-likeness (QED) is 0.137. The van der Waals surface area contributed by atoms with E-state index in [0.717, 1.165) is 5.45 Å². The standard InChI is InChI=1S/C18H39BrN/c1-4-7-10-13-16-20(18-19,15-12-9-6-3)17-14-11-8-5-2/h4-18H2,1-3H3/q+1. The van der Waals surface area contributed by atoms with Crippen molar-refractivity contribution in [3.63, 3.8) is 0 Å². The zero-order valence-corrected chi connectivity index (χ0v) is 16.0. The second kappa shape index (κ2) is 14.4. The molecule has 0 fully saturated rings. The summed E-state index contributed by atoms with van der Waals surface area (Å²) in [5.74, 6) is 0. The van der Waals surface area contributed by atoms with Crippen molar-refractivity contribution in [3.8, 4) is 0 Å². The molecular weight excluding hydrogens is 310 g/mol. The molecule has 0 aliphatic rings. The lowest BCUT2D eigenvalue weighted by molar-refractivity contribution is -0.916. The van der Waals surface area contributed by atoms with Crippen LogP contribution in [0.25, 0.3) is 0 Å². The van der Waals surface area contributed by atoms with Gasteiger partial charge in [0.15, 0.2) is 0 Å². The van der Waals surface area contributed by atoms with Crippen molar-refractivity contribution in [1.29, 1.82) is 0 Å². The molecule has 0 amide bonds. The van der Waals surface area contributed by atoms with Gasteiger partial charge in [0.25, 0.3) is 0 Å². The first-order valence-corrected chi connectivity index (χ1v) is 10.3. The first kappa shape index (κ1) is 20.4. The zero-order chi connectivity index (χ0) is 15.1. The van der Waals surface area contributed by atoms with Gasteiger partial charge in [-0.3, -0.25) is 0 Å². The fourth-order valence-corrected chi connectivity index (χ4v) is 3.71. The molecule has 0 atom stereocenters. The SMILES string of the molecule is CCCCCC[N+](CBr)(CCCCC)CCCCCC. The summed E-state index contributed by atoms with van der Waals surface area (Å²) in [5.41, 5.74) is 1.16. The number of hydrogen-bond acceptors (Lipinski definition) is 0. The van der Waals surface area contributed by atoms with Gasteiger partial charge in [0.05, 0.1) is 19.6 Å². The Morgan fingerprint density at radius 2 is 0.900 bits per heavy atom. The van der Waals surface area contributed by atoms with Gasteiger partial charge in [-0.1, -0.05) is 52.9 Å². The van der Waals surface area contributed by atoms with Gasteiger partial charge in [-0.15, -0.1) is 0 Å². The minimum absolute atomic E-state index is 1.16. The van der Waals surface area contributed by atoms with Crippen LogP contribution in [0.1, 0.15) is 91.4 Å². The van der Waals surface area contributed by atoms with E-state index in [1.54, 1.807) is 0 Å². The maximum atomic E-state index is 3.84. The Labute approximate surface area is 137 Å². The van der Waals surface area contributed by atoms with Crippen LogP contribution in [-0.2, 0) is 0 Å². The normalized spacial score (nSPS) is 12.0. The highest BCUT2D eigenvalue weighted by Gasteiger charge is 2.24. The molecule has 0 radical (unpaired) electrons. The van der Waals surface area contributed by atoms with Crippen LogP contribution in [0, 0.1) is 0 Å². The van der Waals surface area contributed by atoms with E-state index in [-0.39, 0.29) is 0 Å². The third kappa shape index (κ3) is 10.2. The molecule has 0 aliphatic carbocycles. The van der Waals surface area contributed by atoms with E-state index >= 15 is 0 Å². The van der Waals surface area contributed by atoms with Gasteiger partial charge in [-0.05, 0) is 54.5 Å². The molecule has 0 rings (SSSR count). The molecule has 0 N–H and O–H groups in total. The molecule has 2 heteroatoms. The van der Waals surface area contributed by atoms with Crippen molar-refractivity contribution in [2.24, 2.45) is 0 Å². The largest absolute Gasteiger partial charge is 0.315 e. The Morgan fingerprint density at radius 3 is 1.25 bits per heavy atom. The number of unbranched alkanes of at least 4 members (excludes halogenated alkanes) is 8. The van der Waals surface area contributed by atoms with Crippen LogP contribution in [0.5, 0.6) is 0 Å². The van der Waals surface area contributed by atoms with Gasteiger partial charge < -0.3 is 4.48 Å². The van der Waals surface area contributed by atoms with Crippen molar-refractivity contribution >= 4 is 15.9 Å². The summed E-state index contributed by atoms with van der Waals surface area (Å²) in [7, 11) is 0. The Morgan fingerprint density at radius 1 is 0.550 bits per heavy atom. The molecule has 0 unspecified atom stereocenters. The second-order valence-electron chi connectivity index (χ2n) is 6.46. The van der Waals surface area contributed by atoms with E-state index in [2.05, 4.69) is 36.7 Å². The van der Waals surface area contributed by atoms with Gasteiger partial charge in [0, 0.05) is 0 Å². The smallest absolute Gasteiger partial charge is 0.134 e. The highest BCUT2D eigenvalue weighted by Crippen LogP contribution is 2.18. The van der Waals surface area contributed by atoms with Crippen LogP contribution in [-0.4, -0.2) is 29.6 Å². The molecule has 0 aromatic heterocycles. The minimum Gasteiger partial charge on any atom is -0.315 e. The van der Waals surface area contributed by atoms with E-state index in [0.29, 0.717) is 0 Å². The average molecular weight is 349 g/mol. The maximum absolute atomic E-state index is 3.84. The first-order chi connectivity index (χ1) is 9.74. The maximum Gasteiger partial charge on any atom is 0.134 e. The molecule has 122 valence electrons. The van der Waals surface area contributed by atoms with Gasteiger partial charge in [0.2, 0.25) is 0 Å². The third-order valence-corrected chi connectivity index (χ3v) is 5.53. The predicted molar refractivity (Wildman–Crippen MR) is 96.5 cm³/mol. The van der Waals surface area contributed by atoms with Crippen molar-refractivity contribution < 1.29 is 4.48 Å². The first-order valence-electron chi connectivity index (χ1n) is 9.15. The fourth-order valence-electron chi connectivity index (χ4n) is 2.96. The molecule has 0 aliphatic heterocycles. The van der Waals surface area contributed by atoms with E-state index < -0.39 is 0 Å². The molecule has 0 spiro atoms. The molecule has 0 bridgehead atoms. The minimum atomic E-state index is 1.16. The molecule has 1 nitrogen and oxygen atoms in total. The summed E-state index contributed by atoms with van der Waals surface area (Å²) in [6.07, 6.45) is 15.3. The van der Waals surface area contributed by atoms with Crippen molar-refractivity contribution in [3.05, 3.63) is 0 Å². The van der Waals surface area contributed by atoms with E-state index in [1.165, 1.54) is 94.7 Å². The fraction of sp³-hybridized carbons (Fsp3) is 1.00. The summed E-state index contributed by atoms with van der Waals surface area (Å²) in [6, 6.07) is 0. The van der Waals surface area contributed by atoms with Crippen LogP contribution in [0.4, 0.5) is 0 Å². The van der Waals surface area contributed by atoms with Crippen LogP contribution in [0.2, 0.25) is 0 Å². The van der Waals surface area contributed by atoms with Crippen molar-refractivity contribution in [2.75, 3.05) is 25.1 Å². The third-order valence-electron chi connectivity index (χ3n) is 4.46. The van der Waals surface area contributed by atoms with Crippen LogP contribution in [0.3, 0.4) is 0 Å². The van der Waals surface area contributed by atoms with Gasteiger partial charge >= 0.3 is 0 Å². The van der Waals surface area contributed by atoms with Crippen molar-refractivity contribution in [2.45, 2.75) is 91.4 Å². The lowest BCUT2D eigenvalue weighted by atomic mass is 10.1. The number of rotatable bonds is 15. The predicted octanol–water partition coefficient (Wildman–Crippen LogP) is 6.51. The van der Waals surface area contributed by atoms with Gasteiger partial charge in [-0.2, -0.15) is 0 Å². The summed E-state index contributed by atoms with van der Waals surface area (Å²) in [4.78, 5) is 0. The highest BCUT2D eigenvalue weighted by atomic mass is 79.9. The summed E-state index contributed by atoms with van der Waals surface area (Å²) >= 11 is 3.84. The van der Waals surface area contributed by atoms with Crippen LogP contribution >= 0.6 is 15.9 Å². The Kier molecular flexibility index (Phi) is 14.7. The summed E-state index contributed by atoms with van der Waals surface area (Å²) < 4.78 is 1.33. The highest BCUT2D eigenvalue weighted by molar-refractivity contribution is 9.09. The van der Waals surface area contributed by atoms with E-state index in [9.17, 15) is 0 Å². The van der Waals surface area contributed by atoms with Crippen LogP contribution in [0.15, 0.2) is 0 Å². The van der Waals surface area contributed by atoms with E-state index in [1.807, 2.05) is 0 Å². The Balaban J connectivity index is 4.20. The molecule has 0 aromatic rings. The second-order valence-corrected chi connectivity index (χ2v) is 6.96. The topological polar surface area (TPSA) is 0 Å². The molecular formula is C18H39BrN+. The van der Waals surface area contributed by atoms with Gasteiger partial charge in [-0.25, -0.2) is 0 Å². The zero-order valence-electron chi connectivity index (χ0n) is 14.4. The molecule has 20 heavy (non-hydrogen) atoms. The molecule has 0 saturated carbocycles. The Hall–Kier alpha value is 0.440. The lowest BCUT2D eigenvalue weighted by Crippen LogP contribution is -2.49. The average Bonchev–Trinajstić information content (AvgIpc) is 2.47. The summed E-state index contributed by atoms with van der Waals surface area (Å²) in [5, 5.41) is 0. The molecule has 0 aromatic carbocycles. The van der Waals surface area contributed by atoms with Gasteiger partial charge in [0.1, 0.15) is 5.45 Å².